The smallest absolute Gasteiger partial charge is 0.261 e. The van der Waals surface area contributed by atoms with Gasteiger partial charge >= 0.3 is 0 Å². The van der Waals surface area contributed by atoms with Crippen LogP contribution < -0.4 is 10.9 Å². The first-order valence-electron chi connectivity index (χ1n) is 9.74. The number of hydrogen-bond acceptors (Lipinski definition) is 5. The number of para-hydroxylation sites is 1. The number of carbonyl (C=O) groups excluding carboxylic acids is 1. The van der Waals surface area contributed by atoms with Gasteiger partial charge in [0.1, 0.15) is 6.54 Å². The number of rotatable bonds is 5. The van der Waals surface area contributed by atoms with E-state index in [2.05, 4.69) is 15.2 Å². The van der Waals surface area contributed by atoms with Crippen LogP contribution in [0, 0.1) is 6.92 Å². The van der Waals surface area contributed by atoms with Crippen molar-refractivity contribution in [1.29, 1.82) is 0 Å². The molecular formula is C22H24N4O3. The van der Waals surface area contributed by atoms with E-state index in [4.69, 9.17) is 4.74 Å². The van der Waals surface area contributed by atoms with Crippen molar-refractivity contribution in [2.45, 2.75) is 20.0 Å². The van der Waals surface area contributed by atoms with Crippen molar-refractivity contribution in [2.75, 3.05) is 31.6 Å². The lowest BCUT2D eigenvalue weighted by Crippen LogP contribution is -2.35. The van der Waals surface area contributed by atoms with Crippen LogP contribution in [0.3, 0.4) is 0 Å². The Bertz CT molecular complexity index is 1090. The summed E-state index contributed by atoms with van der Waals surface area (Å²) >= 11 is 0. The van der Waals surface area contributed by atoms with E-state index >= 15 is 0 Å². The SMILES string of the molecule is Cc1cccc2c(=O)n(CC(=O)Nc3cccc(CN4CCOCC4)c3)cnc12. The summed E-state index contributed by atoms with van der Waals surface area (Å²) in [5.74, 6) is -0.260. The number of morpholine rings is 1. The highest BCUT2D eigenvalue weighted by Crippen LogP contribution is 2.14. The van der Waals surface area contributed by atoms with Gasteiger partial charge in [-0.15, -0.1) is 0 Å². The molecule has 7 nitrogen and oxygen atoms in total. The quantitative estimate of drug-likeness (QED) is 0.720. The van der Waals surface area contributed by atoms with Gasteiger partial charge in [0.25, 0.3) is 5.56 Å². The van der Waals surface area contributed by atoms with Crippen LogP contribution >= 0.6 is 0 Å². The van der Waals surface area contributed by atoms with Crippen LogP contribution in [0.2, 0.25) is 0 Å². The summed E-state index contributed by atoms with van der Waals surface area (Å²) in [6.07, 6.45) is 1.44. The Kier molecular flexibility index (Phi) is 5.69. The molecule has 1 aliphatic heterocycles. The molecule has 0 aliphatic carbocycles. The third-order valence-corrected chi connectivity index (χ3v) is 5.09. The third-order valence-electron chi connectivity index (χ3n) is 5.09. The molecule has 2 aromatic carbocycles. The molecule has 0 saturated carbocycles. The van der Waals surface area contributed by atoms with Crippen LogP contribution in [-0.2, 0) is 22.6 Å². The normalized spacial score (nSPS) is 14.8. The van der Waals surface area contributed by atoms with Gasteiger partial charge in [0.2, 0.25) is 5.91 Å². The van der Waals surface area contributed by atoms with Crippen molar-refractivity contribution in [2.24, 2.45) is 0 Å². The largest absolute Gasteiger partial charge is 0.379 e. The zero-order chi connectivity index (χ0) is 20.2. The average molecular weight is 392 g/mol. The Labute approximate surface area is 168 Å². The van der Waals surface area contributed by atoms with E-state index in [1.54, 1.807) is 6.07 Å². The lowest BCUT2D eigenvalue weighted by molar-refractivity contribution is -0.116. The van der Waals surface area contributed by atoms with Crippen LogP contribution in [0.4, 0.5) is 5.69 Å². The van der Waals surface area contributed by atoms with Gasteiger partial charge in [0, 0.05) is 25.3 Å². The number of hydrogen-bond donors (Lipinski definition) is 1. The fraction of sp³-hybridized carbons (Fsp3) is 0.318. The Morgan fingerprint density at radius 2 is 1.97 bits per heavy atom. The van der Waals surface area contributed by atoms with E-state index in [0.717, 1.165) is 49.7 Å². The van der Waals surface area contributed by atoms with Crippen molar-refractivity contribution < 1.29 is 9.53 Å². The lowest BCUT2D eigenvalue weighted by atomic mass is 10.1. The first kappa shape index (κ1) is 19.3. The number of carbonyl (C=O) groups is 1. The van der Waals surface area contributed by atoms with Crippen LogP contribution in [0.5, 0.6) is 0 Å². The summed E-state index contributed by atoms with van der Waals surface area (Å²) in [6, 6.07) is 13.3. The van der Waals surface area contributed by atoms with Gasteiger partial charge in [-0.3, -0.25) is 19.1 Å². The summed E-state index contributed by atoms with van der Waals surface area (Å²) in [5, 5.41) is 3.41. The summed E-state index contributed by atoms with van der Waals surface area (Å²) in [7, 11) is 0. The first-order valence-corrected chi connectivity index (χ1v) is 9.74. The number of aromatic nitrogens is 2. The maximum absolute atomic E-state index is 12.7. The van der Waals surface area contributed by atoms with Gasteiger partial charge < -0.3 is 10.1 Å². The molecule has 1 aliphatic rings. The summed E-state index contributed by atoms with van der Waals surface area (Å²) < 4.78 is 6.72. The number of aryl methyl sites for hydroxylation is 1. The number of nitrogens with one attached hydrogen (secondary N) is 1. The predicted octanol–water partition coefficient (Wildman–Crippen LogP) is 2.18. The monoisotopic (exact) mass is 392 g/mol. The van der Waals surface area contributed by atoms with Gasteiger partial charge in [-0.25, -0.2) is 4.98 Å². The Morgan fingerprint density at radius 1 is 1.17 bits per heavy atom. The minimum absolute atomic E-state index is 0.0800. The van der Waals surface area contributed by atoms with Crippen LogP contribution in [-0.4, -0.2) is 46.7 Å². The van der Waals surface area contributed by atoms with Crippen molar-refractivity contribution in [3.8, 4) is 0 Å². The summed E-state index contributed by atoms with van der Waals surface area (Å²) in [5.41, 5.74) is 3.25. The molecule has 2 heterocycles. The van der Waals surface area contributed by atoms with Crippen molar-refractivity contribution >= 4 is 22.5 Å². The first-order chi connectivity index (χ1) is 14.1. The Morgan fingerprint density at radius 3 is 2.79 bits per heavy atom. The molecule has 1 aromatic heterocycles. The molecule has 1 amide bonds. The van der Waals surface area contributed by atoms with Crippen LogP contribution in [0.25, 0.3) is 10.9 Å². The van der Waals surface area contributed by atoms with E-state index in [1.807, 2.05) is 43.3 Å². The fourth-order valence-electron chi connectivity index (χ4n) is 3.57. The number of ether oxygens (including phenoxy) is 1. The van der Waals surface area contributed by atoms with Gasteiger partial charge in [-0.2, -0.15) is 0 Å². The molecule has 4 rings (SSSR count). The summed E-state index contributed by atoms with van der Waals surface area (Å²) in [6.45, 7) is 5.98. The maximum atomic E-state index is 12.7. The molecule has 0 atom stereocenters. The highest BCUT2D eigenvalue weighted by atomic mass is 16.5. The van der Waals surface area contributed by atoms with Crippen molar-refractivity contribution in [3.05, 3.63) is 70.3 Å². The van der Waals surface area contributed by atoms with E-state index in [9.17, 15) is 9.59 Å². The second-order valence-corrected chi connectivity index (χ2v) is 7.29. The molecule has 150 valence electrons. The summed E-state index contributed by atoms with van der Waals surface area (Å²) in [4.78, 5) is 31.9. The molecule has 1 fully saturated rings. The number of benzene rings is 2. The van der Waals surface area contributed by atoms with Crippen molar-refractivity contribution in [1.82, 2.24) is 14.5 Å². The number of fused-ring (bicyclic) bond motifs is 1. The number of nitrogens with zero attached hydrogens (tertiary/aromatic N) is 3. The molecule has 0 radical (unpaired) electrons. The molecule has 0 unspecified atom stereocenters. The van der Waals surface area contributed by atoms with Gasteiger partial charge in [-0.1, -0.05) is 24.3 Å². The van der Waals surface area contributed by atoms with E-state index in [-0.39, 0.29) is 18.0 Å². The minimum Gasteiger partial charge on any atom is -0.379 e. The second-order valence-electron chi connectivity index (χ2n) is 7.29. The predicted molar refractivity (Wildman–Crippen MR) is 112 cm³/mol. The molecular weight excluding hydrogens is 368 g/mol. The molecule has 0 spiro atoms. The lowest BCUT2D eigenvalue weighted by Gasteiger charge is -2.26. The standard InChI is InChI=1S/C22H24N4O3/c1-16-4-2-7-19-21(16)23-15-26(22(19)28)14-20(27)24-18-6-3-5-17(12-18)13-25-8-10-29-11-9-25/h2-7,12,15H,8-11,13-14H2,1H3,(H,24,27). The minimum atomic E-state index is -0.260. The third kappa shape index (κ3) is 4.52. The number of anilines is 1. The second kappa shape index (κ2) is 8.55. The maximum Gasteiger partial charge on any atom is 0.261 e. The zero-order valence-electron chi connectivity index (χ0n) is 16.4. The molecule has 0 bridgehead atoms. The molecule has 3 aromatic rings. The highest BCUT2D eigenvalue weighted by Gasteiger charge is 2.12. The molecule has 1 N–H and O–H groups in total. The van der Waals surface area contributed by atoms with E-state index < -0.39 is 0 Å². The highest BCUT2D eigenvalue weighted by molar-refractivity contribution is 5.91. The zero-order valence-corrected chi connectivity index (χ0v) is 16.4. The topological polar surface area (TPSA) is 76.5 Å². The van der Waals surface area contributed by atoms with Gasteiger partial charge in [0.05, 0.1) is 30.4 Å². The van der Waals surface area contributed by atoms with Gasteiger partial charge in [0.15, 0.2) is 0 Å². The molecule has 1 saturated heterocycles. The fourth-order valence-corrected chi connectivity index (χ4v) is 3.57. The Balaban J connectivity index is 1.45. The van der Waals surface area contributed by atoms with Gasteiger partial charge in [-0.05, 0) is 36.2 Å². The molecule has 7 heteroatoms. The van der Waals surface area contributed by atoms with Crippen molar-refractivity contribution in [3.63, 3.8) is 0 Å². The van der Waals surface area contributed by atoms with E-state index in [0.29, 0.717) is 10.9 Å². The van der Waals surface area contributed by atoms with Crippen LogP contribution in [0.1, 0.15) is 11.1 Å². The molecule has 29 heavy (non-hydrogen) atoms. The number of amides is 1. The van der Waals surface area contributed by atoms with Crippen LogP contribution in [0.15, 0.2) is 53.6 Å². The Hall–Kier alpha value is -3.03. The van der Waals surface area contributed by atoms with E-state index in [1.165, 1.54) is 10.9 Å². The average Bonchev–Trinajstić information content (AvgIpc) is 2.72.